The highest BCUT2D eigenvalue weighted by Gasteiger charge is 2.21. The highest BCUT2D eigenvalue weighted by Crippen LogP contribution is 2.12. The van der Waals surface area contributed by atoms with Gasteiger partial charge in [0, 0.05) is 5.02 Å². The van der Waals surface area contributed by atoms with Crippen LogP contribution in [0.4, 0.5) is 4.79 Å². The molecule has 0 bridgehead atoms. The van der Waals surface area contributed by atoms with Crippen molar-refractivity contribution in [1.82, 2.24) is 5.32 Å². The Bertz CT molecular complexity index is 480. The Hall–Kier alpha value is -1.75. The number of benzene rings is 1. The number of amidine groups is 1. The molecule has 0 saturated heterocycles. The molecule has 1 rings (SSSR count). The van der Waals surface area contributed by atoms with E-state index < -0.39 is 17.7 Å². The lowest BCUT2D eigenvalue weighted by Gasteiger charge is -2.23. The molecule has 1 amide bonds. The molecule has 0 aliphatic heterocycles. The van der Waals surface area contributed by atoms with Crippen LogP contribution in [0, 0.1) is 5.41 Å². The van der Waals surface area contributed by atoms with Crippen LogP contribution in [0.15, 0.2) is 24.3 Å². The number of carbonyl (C=O) groups excluding carboxylic acids is 1. The van der Waals surface area contributed by atoms with E-state index in [0.29, 0.717) is 11.4 Å². The molecule has 110 valence electrons. The SMILES string of the molecule is CC(C)(C)OC(=O)N[C@@H](Cc1ccc(Cl)cc1)C(=N)N. The second-order valence-electron chi connectivity index (χ2n) is 5.48. The van der Waals surface area contributed by atoms with Gasteiger partial charge in [0.2, 0.25) is 0 Å². The van der Waals surface area contributed by atoms with E-state index in [1.54, 1.807) is 32.9 Å². The zero-order chi connectivity index (χ0) is 15.3. The third kappa shape index (κ3) is 5.93. The molecule has 0 aliphatic carbocycles. The van der Waals surface area contributed by atoms with E-state index in [4.69, 9.17) is 27.5 Å². The maximum atomic E-state index is 11.7. The largest absolute Gasteiger partial charge is 0.444 e. The first-order chi connectivity index (χ1) is 9.17. The monoisotopic (exact) mass is 297 g/mol. The van der Waals surface area contributed by atoms with Gasteiger partial charge < -0.3 is 15.8 Å². The van der Waals surface area contributed by atoms with Gasteiger partial charge in [0.25, 0.3) is 0 Å². The molecule has 6 heteroatoms. The zero-order valence-electron chi connectivity index (χ0n) is 11.9. The van der Waals surface area contributed by atoms with Crippen molar-refractivity contribution in [3.05, 3.63) is 34.9 Å². The van der Waals surface area contributed by atoms with Crippen LogP contribution < -0.4 is 11.1 Å². The van der Waals surface area contributed by atoms with Gasteiger partial charge >= 0.3 is 6.09 Å². The molecule has 0 aliphatic rings. The summed E-state index contributed by atoms with van der Waals surface area (Å²) in [5, 5.41) is 10.8. The fourth-order valence-electron chi connectivity index (χ4n) is 1.54. The molecular formula is C14H20ClN3O2. The molecule has 0 aromatic heterocycles. The summed E-state index contributed by atoms with van der Waals surface area (Å²) in [6.07, 6.45) is -0.183. The topological polar surface area (TPSA) is 88.2 Å². The minimum atomic E-state index is -0.606. The smallest absolute Gasteiger partial charge is 0.408 e. The van der Waals surface area contributed by atoms with Crippen molar-refractivity contribution in [2.75, 3.05) is 0 Å². The van der Waals surface area contributed by atoms with E-state index in [9.17, 15) is 4.79 Å². The van der Waals surface area contributed by atoms with E-state index >= 15 is 0 Å². The number of carbonyl (C=O) groups is 1. The predicted molar refractivity (Wildman–Crippen MR) is 80.2 cm³/mol. The first kappa shape index (κ1) is 16.3. The summed E-state index contributed by atoms with van der Waals surface area (Å²) in [4.78, 5) is 11.7. The maximum absolute atomic E-state index is 11.7. The predicted octanol–water partition coefficient (Wildman–Crippen LogP) is 2.71. The highest BCUT2D eigenvalue weighted by atomic mass is 35.5. The van der Waals surface area contributed by atoms with Gasteiger partial charge in [-0.05, 0) is 44.9 Å². The Labute approximate surface area is 124 Å². The fourth-order valence-corrected chi connectivity index (χ4v) is 1.67. The van der Waals surface area contributed by atoms with Crippen molar-refractivity contribution in [2.45, 2.75) is 38.8 Å². The summed E-state index contributed by atoms with van der Waals surface area (Å²) in [7, 11) is 0. The van der Waals surface area contributed by atoms with Gasteiger partial charge in [-0.2, -0.15) is 0 Å². The second kappa shape index (κ2) is 6.61. The molecule has 0 unspecified atom stereocenters. The van der Waals surface area contributed by atoms with Crippen LogP contribution in [0.5, 0.6) is 0 Å². The van der Waals surface area contributed by atoms with Crippen LogP contribution in [0.1, 0.15) is 26.3 Å². The minimum Gasteiger partial charge on any atom is -0.444 e. The average Bonchev–Trinajstić information content (AvgIpc) is 2.28. The number of hydrogen-bond acceptors (Lipinski definition) is 3. The lowest BCUT2D eigenvalue weighted by molar-refractivity contribution is 0.0517. The molecule has 1 aromatic carbocycles. The van der Waals surface area contributed by atoms with E-state index in [-0.39, 0.29) is 5.84 Å². The number of nitrogens with one attached hydrogen (secondary N) is 2. The van der Waals surface area contributed by atoms with Gasteiger partial charge in [-0.3, -0.25) is 5.41 Å². The molecule has 5 nitrogen and oxygen atoms in total. The number of amides is 1. The summed E-state index contributed by atoms with van der Waals surface area (Å²) in [5.74, 6) is -0.120. The third-order valence-corrected chi connectivity index (χ3v) is 2.67. The van der Waals surface area contributed by atoms with Crippen molar-refractivity contribution < 1.29 is 9.53 Å². The number of nitrogens with two attached hydrogens (primary N) is 1. The van der Waals surface area contributed by atoms with Gasteiger partial charge in [0.05, 0.1) is 6.04 Å². The number of alkyl carbamates (subject to hydrolysis) is 1. The molecular weight excluding hydrogens is 278 g/mol. The standard InChI is InChI=1S/C14H20ClN3O2/c1-14(2,3)20-13(19)18-11(12(16)17)8-9-4-6-10(15)7-5-9/h4-7,11H,8H2,1-3H3,(H3,16,17)(H,18,19)/t11-/m0/s1. The number of rotatable bonds is 4. The summed E-state index contributed by atoms with van der Waals surface area (Å²) < 4.78 is 5.15. The van der Waals surface area contributed by atoms with Gasteiger partial charge in [0.1, 0.15) is 11.4 Å². The van der Waals surface area contributed by atoms with Crippen LogP contribution in [-0.2, 0) is 11.2 Å². The van der Waals surface area contributed by atoms with Crippen molar-refractivity contribution in [2.24, 2.45) is 5.73 Å². The Morgan fingerprint density at radius 1 is 1.40 bits per heavy atom. The van der Waals surface area contributed by atoms with E-state index in [1.165, 1.54) is 0 Å². The average molecular weight is 298 g/mol. The second-order valence-corrected chi connectivity index (χ2v) is 5.92. The Balaban J connectivity index is 2.68. The molecule has 0 fully saturated rings. The van der Waals surface area contributed by atoms with E-state index in [1.807, 2.05) is 12.1 Å². The lowest BCUT2D eigenvalue weighted by Crippen LogP contribution is -2.47. The quantitative estimate of drug-likeness (QED) is 0.590. The highest BCUT2D eigenvalue weighted by molar-refractivity contribution is 6.30. The summed E-state index contributed by atoms with van der Waals surface area (Å²) in [5.41, 5.74) is 5.84. The summed E-state index contributed by atoms with van der Waals surface area (Å²) in [6.45, 7) is 5.32. The maximum Gasteiger partial charge on any atom is 0.408 e. The molecule has 0 radical (unpaired) electrons. The van der Waals surface area contributed by atoms with Gasteiger partial charge in [0.15, 0.2) is 0 Å². The van der Waals surface area contributed by atoms with Crippen LogP contribution in [0.3, 0.4) is 0 Å². The minimum absolute atomic E-state index is 0.120. The third-order valence-electron chi connectivity index (χ3n) is 2.42. The van der Waals surface area contributed by atoms with Gasteiger partial charge in [-0.1, -0.05) is 23.7 Å². The van der Waals surface area contributed by atoms with Crippen molar-refractivity contribution >= 4 is 23.5 Å². The summed E-state index contributed by atoms with van der Waals surface area (Å²) in [6, 6.07) is 6.55. The Kier molecular flexibility index (Phi) is 5.39. The van der Waals surface area contributed by atoms with Crippen LogP contribution in [0.25, 0.3) is 0 Å². The Morgan fingerprint density at radius 2 is 1.95 bits per heavy atom. The number of halogens is 1. The van der Waals surface area contributed by atoms with E-state index in [0.717, 1.165) is 5.56 Å². The molecule has 0 saturated carbocycles. The van der Waals surface area contributed by atoms with Crippen LogP contribution in [0.2, 0.25) is 5.02 Å². The van der Waals surface area contributed by atoms with Crippen LogP contribution in [-0.4, -0.2) is 23.6 Å². The number of hydrogen-bond donors (Lipinski definition) is 3. The van der Waals surface area contributed by atoms with Crippen molar-refractivity contribution in [1.29, 1.82) is 5.41 Å². The fraction of sp³-hybridized carbons (Fsp3) is 0.429. The molecule has 0 heterocycles. The van der Waals surface area contributed by atoms with Crippen LogP contribution >= 0.6 is 11.6 Å². The Morgan fingerprint density at radius 3 is 2.40 bits per heavy atom. The normalized spacial score (nSPS) is 12.6. The number of ether oxygens (including phenoxy) is 1. The zero-order valence-corrected chi connectivity index (χ0v) is 12.6. The van der Waals surface area contributed by atoms with Crippen molar-refractivity contribution in [3.8, 4) is 0 Å². The van der Waals surface area contributed by atoms with Gasteiger partial charge in [-0.15, -0.1) is 0 Å². The molecule has 4 N–H and O–H groups in total. The summed E-state index contributed by atoms with van der Waals surface area (Å²) >= 11 is 5.81. The van der Waals surface area contributed by atoms with E-state index in [2.05, 4.69) is 5.32 Å². The van der Waals surface area contributed by atoms with Crippen molar-refractivity contribution in [3.63, 3.8) is 0 Å². The molecule has 1 atom stereocenters. The first-order valence-corrected chi connectivity index (χ1v) is 6.63. The first-order valence-electron chi connectivity index (χ1n) is 6.25. The molecule has 1 aromatic rings. The lowest BCUT2D eigenvalue weighted by atomic mass is 10.1. The molecule has 0 spiro atoms. The molecule has 20 heavy (non-hydrogen) atoms. The van der Waals surface area contributed by atoms with Gasteiger partial charge in [-0.25, -0.2) is 4.79 Å².